The van der Waals surface area contributed by atoms with Crippen LogP contribution in [0.4, 0.5) is 11.4 Å². The van der Waals surface area contributed by atoms with Gasteiger partial charge in [-0.1, -0.05) is 41.1 Å². The van der Waals surface area contributed by atoms with Crippen LogP contribution in [0.15, 0.2) is 70.2 Å². The number of carbonyl (C=O) groups is 3. The number of hydrazone groups is 1. The number of ether oxygens (including phenoxy) is 2. The summed E-state index contributed by atoms with van der Waals surface area (Å²) in [7, 11) is 1.47. The van der Waals surface area contributed by atoms with Crippen molar-refractivity contribution in [2.24, 2.45) is 5.10 Å². The van der Waals surface area contributed by atoms with E-state index in [9.17, 15) is 14.4 Å². The van der Waals surface area contributed by atoms with Crippen molar-refractivity contribution in [3.63, 3.8) is 0 Å². The van der Waals surface area contributed by atoms with E-state index in [-0.39, 0.29) is 12.5 Å². The van der Waals surface area contributed by atoms with Gasteiger partial charge in [-0.2, -0.15) is 5.10 Å². The first-order valence-corrected chi connectivity index (χ1v) is 12.2. The third kappa shape index (κ3) is 7.91. The van der Waals surface area contributed by atoms with E-state index in [1.54, 1.807) is 36.4 Å². The van der Waals surface area contributed by atoms with E-state index in [1.807, 2.05) is 38.1 Å². The number of amides is 3. The lowest BCUT2D eigenvalue weighted by Crippen LogP contribution is -2.32. The predicted molar refractivity (Wildman–Crippen MR) is 146 cm³/mol. The van der Waals surface area contributed by atoms with Gasteiger partial charge < -0.3 is 20.1 Å². The van der Waals surface area contributed by atoms with E-state index >= 15 is 0 Å². The van der Waals surface area contributed by atoms with Gasteiger partial charge in [0.1, 0.15) is 0 Å². The fourth-order valence-electron chi connectivity index (χ4n) is 3.29. The first kappa shape index (κ1) is 27.4. The highest BCUT2D eigenvalue weighted by molar-refractivity contribution is 9.10. The third-order valence-corrected chi connectivity index (χ3v) is 6.11. The summed E-state index contributed by atoms with van der Waals surface area (Å²) in [6, 6.07) is 17.7. The van der Waals surface area contributed by atoms with Crippen LogP contribution in [-0.2, 0) is 20.8 Å². The maximum absolute atomic E-state index is 12.3. The maximum Gasteiger partial charge on any atom is 0.329 e. The molecule has 0 aliphatic heterocycles. The fourth-order valence-corrected chi connectivity index (χ4v) is 3.54. The van der Waals surface area contributed by atoms with Gasteiger partial charge in [0.15, 0.2) is 18.1 Å². The summed E-state index contributed by atoms with van der Waals surface area (Å²) in [6.07, 6.45) is 2.08. The van der Waals surface area contributed by atoms with Crippen LogP contribution < -0.4 is 25.5 Å². The van der Waals surface area contributed by atoms with Gasteiger partial charge >= 0.3 is 11.8 Å². The molecular formula is C27H27BrN4O5. The number of benzene rings is 3. The number of nitrogens with one attached hydrogen (secondary N) is 3. The summed E-state index contributed by atoms with van der Waals surface area (Å²) in [5, 5.41) is 9.20. The van der Waals surface area contributed by atoms with Crippen LogP contribution in [0.1, 0.15) is 23.6 Å². The summed E-state index contributed by atoms with van der Waals surface area (Å²) in [6.45, 7) is 3.67. The standard InChI is InChI=1S/C27H27BrN4O5/c1-4-19-7-5-6-8-22(19)31-26(34)27(35)32-29-15-18-9-12-23(24(14-18)36-3)37-16-25(33)30-20-10-11-21(28)17(2)13-20/h5-15H,4,16H2,1-3H3,(H,30,33)(H,31,34)(H,32,35)/b29-15-. The van der Waals surface area contributed by atoms with Crippen LogP contribution in [-0.4, -0.2) is 37.7 Å². The molecular weight excluding hydrogens is 540 g/mol. The summed E-state index contributed by atoms with van der Waals surface area (Å²) < 4.78 is 11.9. The molecule has 0 saturated carbocycles. The Balaban J connectivity index is 1.54. The fraction of sp³-hybridized carbons (Fsp3) is 0.185. The van der Waals surface area contributed by atoms with E-state index in [1.165, 1.54) is 13.3 Å². The molecule has 0 fully saturated rings. The molecule has 3 aromatic rings. The van der Waals surface area contributed by atoms with Crippen molar-refractivity contribution in [2.75, 3.05) is 24.4 Å². The normalized spacial score (nSPS) is 10.6. The monoisotopic (exact) mass is 566 g/mol. The number of rotatable bonds is 9. The number of aryl methyl sites for hydroxylation is 2. The Kier molecular flexibility index (Phi) is 9.79. The summed E-state index contributed by atoms with van der Waals surface area (Å²) in [5.74, 6) is -1.31. The van der Waals surface area contributed by atoms with E-state index < -0.39 is 11.8 Å². The second kappa shape index (κ2) is 13.2. The second-order valence-electron chi connectivity index (χ2n) is 7.88. The summed E-state index contributed by atoms with van der Waals surface area (Å²) in [4.78, 5) is 36.6. The summed E-state index contributed by atoms with van der Waals surface area (Å²) >= 11 is 3.43. The molecule has 0 radical (unpaired) electrons. The molecule has 0 unspecified atom stereocenters. The molecule has 0 aromatic heterocycles. The molecule has 9 nitrogen and oxygen atoms in total. The number of para-hydroxylation sites is 1. The molecule has 10 heteroatoms. The zero-order valence-electron chi connectivity index (χ0n) is 20.6. The Hall–Kier alpha value is -4.18. The zero-order valence-corrected chi connectivity index (χ0v) is 22.2. The quantitative estimate of drug-likeness (QED) is 0.201. The van der Waals surface area contributed by atoms with Crippen molar-refractivity contribution in [1.29, 1.82) is 0 Å². The molecule has 3 aromatic carbocycles. The lowest BCUT2D eigenvalue weighted by atomic mass is 10.1. The third-order valence-electron chi connectivity index (χ3n) is 5.22. The van der Waals surface area contributed by atoms with Gasteiger partial charge in [0.25, 0.3) is 5.91 Å². The maximum atomic E-state index is 12.3. The Morgan fingerprint density at radius 3 is 2.49 bits per heavy atom. The Labute approximate surface area is 223 Å². The van der Waals surface area contributed by atoms with Gasteiger partial charge in [0, 0.05) is 15.8 Å². The lowest BCUT2D eigenvalue weighted by molar-refractivity contribution is -0.136. The van der Waals surface area contributed by atoms with Crippen LogP contribution in [0.25, 0.3) is 0 Å². The number of methoxy groups -OCH3 is 1. The smallest absolute Gasteiger partial charge is 0.329 e. The molecule has 3 amide bonds. The van der Waals surface area contributed by atoms with Crippen LogP contribution in [0.2, 0.25) is 0 Å². The number of halogens is 1. The predicted octanol–water partition coefficient (Wildman–Crippen LogP) is 4.43. The van der Waals surface area contributed by atoms with Crippen LogP contribution in [0.3, 0.4) is 0 Å². The van der Waals surface area contributed by atoms with Gasteiger partial charge in [-0.05, 0) is 72.5 Å². The SMILES string of the molecule is CCc1ccccc1NC(=O)C(=O)N/N=C\c1ccc(OCC(=O)Nc2ccc(Br)c(C)c2)c(OC)c1. The van der Waals surface area contributed by atoms with Gasteiger partial charge in [-0.15, -0.1) is 0 Å². The highest BCUT2D eigenvalue weighted by atomic mass is 79.9. The Bertz CT molecular complexity index is 1330. The van der Waals surface area contributed by atoms with Crippen LogP contribution in [0, 0.1) is 6.92 Å². The van der Waals surface area contributed by atoms with Gasteiger partial charge in [-0.25, -0.2) is 5.43 Å². The topological polar surface area (TPSA) is 118 Å². The molecule has 0 bridgehead atoms. The van der Waals surface area contributed by atoms with Gasteiger partial charge in [0.2, 0.25) is 0 Å². The van der Waals surface area contributed by atoms with Crippen molar-refractivity contribution >= 4 is 51.2 Å². The molecule has 3 N–H and O–H groups in total. The molecule has 192 valence electrons. The minimum atomic E-state index is -0.902. The van der Waals surface area contributed by atoms with E-state index in [0.717, 1.165) is 15.6 Å². The average Bonchev–Trinajstić information content (AvgIpc) is 2.90. The van der Waals surface area contributed by atoms with Crippen molar-refractivity contribution in [3.8, 4) is 11.5 Å². The number of hydrogen-bond acceptors (Lipinski definition) is 6. The molecule has 3 rings (SSSR count). The minimum absolute atomic E-state index is 0.217. The van der Waals surface area contributed by atoms with Gasteiger partial charge in [-0.3, -0.25) is 14.4 Å². The number of anilines is 2. The molecule has 37 heavy (non-hydrogen) atoms. The number of carbonyl (C=O) groups excluding carboxylic acids is 3. The molecule has 0 heterocycles. The highest BCUT2D eigenvalue weighted by Crippen LogP contribution is 2.27. The zero-order chi connectivity index (χ0) is 26.8. The van der Waals surface area contributed by atoms with E-state index in [0.29, 0.717) is 34.9 Å². The highest BCUT2D eigenvalue weighted by Gasteiger charge is 2.14. The van der Waals surface area contributed by atoms with Crippen LogP contribution >= 0.6 is 15.9 Å². The van der Waals surface area contributed by atoms with Crippen molar-refractivity contribution in [2.45, 2.75) is 20.3 Å². The number of nitrogens with zero attached hydrogens (tertiary/aromatic N) is 1. The number of hydrogen-bond donors (Lipinski definition) is 3. The minimum Gasteiger partial charge on any atom is -0.493 e. The Morgan fingerprint density at radius 1 is 0.973 bits per heavy atom. The molecule has 0 saturated heterocycles. The molecule has 0 atom stereocenters. The Morgan fingerprint density at radius 2 is 1.76 bits per heavy atom. The molecule has 0 spiro atoms. The van der Waals surface area contributed by atoms with Crippen molar-refractivity contribution in [3.05, 3.63) is 81.8 Å². The van der Waals surface area contributed by atoms with Crippen LogP contribution in [0.5, 0.6) is 11.5 Å². The van der Waals surface area contributed by atoms with E-state index in [4.69, 9.17) is 9.47 Å². The average molecular weight is 567 g/mol. The second-order valence-corrected chi connectivity index (χ2v) is 8.73. The van der Waals surface area contributed by atoms with Gasteiger partial charge in [0.05, 0.1) is 13.3 Å². The summed E-state index contributed by atoms with van der Waals surface area (Å²) in [5.41, 5.74) is 5.94. The van der Waals surface area contributed by atoms with E-state index in [2.05, 4.69) is 37.1 Å². The lowest BCUT2D eigenvalue weighted by Gasteiger charge is -2.12. The molecule has 0 aliphatic rings. The first-order chi connectivity index (χ1) is 17.8. The largest absolute Gasteiger partial charge is 0.493 e. The molecule has 0 aliphatic carbocycles. The first-order valence-electron chi connectivity index (χ1n) is 11.4. The van der Waals surface area contributed by atoms with Crippen molar-refractivity contribution in [1.82, 2.24) is 5.43 Å². The van der Waals surface area contributed by atoms with Crippen molar-refractivity contribution < 1.29 is 23.9 Å².